The van der Waals surface area contributed by atoms with Crippen LogP contribution in [-0.4, -0.2) is 5.11 Å². The lowest BCUT2D eigenvalue weighted by molar-refractivity contribution is 0.475. The smallest absolute Gasteiger partial charge is 0.115 e. The molecule has 2 heteroatoms. The van der Waals surface area contributed by atoms with Gasteiger partial charge in [-0.25, -0.2) is 0 Å². The molecule has 0 fully saturated rings. The van der Waals surface area contributed by atoms with Crippen molar-refractivity contribution < 1.29 is 5.11 Å². The number of hydrogen-bond donors (Lipinski definition) is 2. The second-order valence-corrected chi connectivity index (χ2v) is 5.94. The number of aromatic hydroxyl groups is 1. The summed E-state index contributed by atoms with van der Waals surface area (Å²) in [5.74, 6) is 0.263. The fourth-order valence-electron chi connectivity index (χ4n) is 2.06. The maximum atomic E-state index is 9.29. The molecule has 0 heterocycles. The molecular weight excluding hydrogens is 234 g/mol. The van der Waals surface area contributed by atoms with Gasteiger partial charge in [0, 0.05) is 0 Å². The average Bonchev–Trinajstić information content (AvgIpc) is 2.38. The van der Waals surface area contributed by atoms with E-state index in [4.69, 9.17) is 5.73 Å². The Kier molecular flexibility index (Phi) is 3.63. The van der Waals surface area contributed by atoms with Crippen LogP contribution in [0.3, 0.4) is 0 Å². The molecule has 0 radical (unpaired) electrons. The van der Waals surface area contributed by atoms with Crippen LogP contribution < -0.4 is 5.73 Å². The molecule has 0 aromatic heterocycles. The molecular formula is C17H21NO. The van der Waals surface area contributed by atoms with Crippen LogP contribution in [0, 0.1) is 0 Å². The summed E-state index contributed by atoms with van der Waals surface area (Å²) in [7, 11) is 0. The topological polar surface area (TPSA) is 46.2 Å². The minimum atomic E-state index is -0.158. The highest BCUT2D eigenvalue weighted by Crippen LogP contribution is 2.26. The standard InChI is InChI=1S/C17H21NO/c1-17(2,3)14-8-4-12(5-9-14)16(18)13-6-10-15(19)11-7-13/h4-11,16,19H,18H2,1-3H3. The average molecular weight is 255 g/mol. The second kappa shape index (κ2) is 5.06. The lowest BCUT2D eigenvalue weighted by Crippen LogP contribution is -2.14. The first kappa shape index (κ1) is 13.6. The molecule has 0 aliphatic heterocycles. The first-order chi connectivity index (χ1) is 8.88. The molecule has 0 aliphatic rings. The van der Waals surface area contributed by atoms with Gasteiger partial charge in [-0.15, -0.1) is 0 Å². The molecule has 2 aromatic carbocycles. The van der Waals surface area contributed by atoms with Gasteiger partial charge in [0.15, 0.2) is 0 Å². The third-order valence-corrected chi connectivity index (χ3v) is 3.39. The summed E-state index contributed by atoms with van der Waals surface area (Å²) >= 11 is 0. The van der Waals surface area contributed by atoms with Gasteiger partial charge >= 0.3 is 0 Å². The Balaban J connectivity index is 2.25. The van der Waals surface area contributed by atoms with E-state index in [0.717, 1.165) is 11.1 Å². The van der Waals surface area contributed by atoms with Gasteiger partial charge in [-0.2, -0.15) is 0 Å². The van der Waals surface area contributed by atoms with Gasteiger partial charge < -0.3 is 10.8 Å². The van der Waals surface area contributed by atoms with Crippen LogP contribution in [0.4, 0.5) is 0 Å². The first-order valence-electron chi connectivity index (χ1n) is 6.53. The predicted octanol–water partition coefficient (Wildman–Crippen LogP) is 3.74. The van der Waals surface area contributed by atoms with Crippen molar-refractivity contribution in [3.05, 3.63) is 65.2 Å². The molecule has 0 saturated heterocycles. The van der Waals surface area contributed by atoms with Crippen molar-refractivity contribution in [2.24, 2.45) is 5.73 Å². The van der Waals surface area contributed by atoms with Crippen molar-refractivity contribution in [2.45, 2.75) is 32.2 Å². The predicted molar refractivity (Wildman–Crippen MR) is 79.3 cm³/mol. The third-order valence-electron chi connectivity index (χ3n) is 3.39. The van der Waals surface area contributed by atoms with Crippen molar-refractivity contribution in [1.82, 2.24) is 0 Å². The van der Waals surface area contributed by atoms with Crippen LogP contribution in [-0.2, 0) is 5.41 Å². The van der Waals surface area contributed by atoms with Crippen molar-refractivity contribution >= 4 is 0 Å². The summed E-state index contributed by atoms with van der Waals surface area (Å²) in [6.45, 7) is 6.59. The van der Waals surface area contributed by atoms with Gasteiger partial charge in [0.1, 0.15) is 5.75 Å². The number of rotatable bonds is 2. The van der Waals surface area contributed by atoms with Gasteiger partial charge in [-0.1, -0.05) is 57.2 Å². The number of phenolic OH excluding ortho intramolecular Hbond substituents is 1. The quantitative estimate of drug-likeness (QED) is 0.858. The maximum Gasteiger partial charge on any atom is 0.115 e. The van der Waals surface area contributed by atoms with E-state index in [9.17, 15) is 5.11 Å². The molecule has 0 bridgehead atoms. The Bertz CT molecular complexity index is 535. The van der Waals surface area contributed by atoms with Crippen LogP contribution in [0.2, 0.25) is 0 Å². The van der Waals surface area contributed by atoms with Crippen LogP contribution in [0.25, 0.3) is 0 Å². The zero-order valence-electron chi connectivity index (χ0n) is 11.7. The molecule has 1 unspecified atom stereocenters. The molecule has 2 rings (SSSR count). The van der Waals surface area contributed by atoms with Gasteiger partial charge in [-0.05, 0) is 34.2 Å². The molecule has 0 saturated carbocycles. The van der Waals surface area contributed by atoms with E-state index >= 15 is 0 Å². The van der Waals surface area contributed by atoms with E-state index < -0.39 is 0 Å². The largest absolute Gasteiger partial charge is 0.508 e. The lowest BCUT2D eigenvalue weighted by Gasteiger charge is -2.20. The minimum Gasteiger partial charge on any atom is -0.508 e. The van der Waals surface area contributed by atoms with Crippen molar-refractivity contribution in [2.75, 3.05) is 0 Å². The van der Waals surface area contributed by atoms with Crippen molar-refractivity contribution in [3.63, 3.8) is 0 Å². The molecule has 19 heavy (non-hydrogen) atoms. The third kappa shape index (κ3) is 3.15. The fourth-order valence-corrected chi connectivity index (χ4v) is 2.06. The molecule has 0 spiro atoms. The summed E-state index contributed by atoms with van der Waals surface area (Å²) in [5, 5.41) is 9.29. The number of nitrogens with two attached hydrogens (primary N) is 1. The molecule has 0 aliphatic carbocycles. The molecule has 3 N–H and O–H groups in total. The zero-order valence-corrected chi connectivity index (χ0v) is 11.7. The summed E-state index contributed by atoms with van der Waals surface area (Å²) in [6.07, 6.45) is 0. The Labute approximate surface area is 114 Å². The van der Waals surface area contributed by atoms with Gasteiger partial charge in [0.25, 0.3) is 0 Å². The SMILES string of the molecule is CC(C)(C)c1ccc(C(N)c2ccc(O)cc2)cc1. The van der Waals surface area contributed by atoms with Crippen LogP contribution in [0.15, 0.2) is 48.5 Å². The Morgan fingerprint density at radius 2 is 1.26 bits per heavy atom. The zero-order chi connectivity index (χ0) is 14.0. The second-order valence-electron chi connectivity index (χ2n) is 5.94. The van der Waals surface area contributed by atoms with Gasteiger partial charge in [-0.3, -0.25) is 0 Å². The summed E-state index contributed by atoms with van der Waals surface area (Å²) in [4.78, 5) is 0. The van der Waals surface area contributed by atoms with Crippen molar-refractivity contribution in [1.29, 1.82) is 0 Å². The molecule has 2 nitrogen and oxygen atoms in total. The maximum absolute atomic E-state index is 9.29. The number of hydrogen-bond acceptors (Lipinski definition) is 2. The van der Waals surface area contributed by atoms with Gasteiger partial charge in [0.05, 0.1) is 6.04 Å². The van der Waals surface area contributed by atoms with Crippen LogP contribution in [0.1, 0.15) is 43.5 Å². The van der Waals surface area contributed by atoms with E-state index in [1.807, 2.05) is 12.1 Å². The van der Waals surface area contributed by atoms with Crippen molar-refractivity contribution in [3.8, 4) is 5.75 Å². The minimum absolute atomic E-state index is 0.154. The first-order valence-corrected chi connectivity index (χ1v) is 6.53. The van der Waals surface area contributed by atoms with E-state index in [-0.39, 0.29) is 17.2 Å². The van der Waals surface area contributed by atoms with Gasteiger partial charge in [0.2, 0.25) is 0 Å². The van der Waals surface area contributed by atoms with Crippen LogP contribution in [0.5, 0.6) is 5.75 Å². The monoisotopic (exact) mass is 255 g/mol. The Morgan fingerprint density at radius 1 is 0.842 bits per heavy atom. The summed E-state index contributed by atoms with van der Waals surface area (Å²) in [6, 6.07) is 15.3. The highest BCUT2D eigenvalue weighted by molar-refractivity contribution is 5.36. The molecule has 1 atom stereocenters. The Hall–Kier alpha value is -1.80. The summed E-state index contributed by atoms with van der Waals surface area (Å²) in [5.41, 5.74) is 9.78. The molecule has 0 amide bonds. The number of benzene rings is 2. The van der Waals surface area contributed by atoms with E-state index in [1.165, 1.54) is 5.56 Å². The molecule has 100 valence electrons. The lowest BCUT2D eigenvalue weighted by atomic mass is 9.86. The number of phenols is 1. The van der Waals surface area contributed by atoms with E-state index in [0.29, 0.717) is 0 Å². The highest BCUT2D eigenvalue weighted by Gasteiger charge is 2.14. The highest BCUT2D eigenvalue weighted by atomic mass is 16.3. The molecule has 2 aromatic rings. The Morgan fingerprint density at radius 3 is 1.68 bits per heavy atom. The van der Waals surface area contributed by atoms with E-state index in [2.05, 4.69) is 45.0 Å². The summed E-state index contributed by atoms with van der Waals surface area (Å²) < 4.78 is 0. The van der Waals surface area contributed by atoms with Crippen LogP contribution >= 0.6 is 0 Å². The van der Waals surface area contributed by atoms with E-state index in [1.54, 1.807) is 12.1 Å². The normalized spacial score (nSPS) is 13.3. The fraction of sp³-hybridized carbons (Fsp3) is 0.294.